The zero-order valence-electron chi connectivity index (χ0n) is 8.24. The zero-order valence-corrected chi connectivity index (χ0v) is 8.24. The largest absolute Gasteiger partial charge is 0.481 e. The molecular weight excluding hydrogens is 172 g/mol. The van der Waals surface area contributed by atoms with Crippen LogP contribution in [-0.4, -0.2) is 23.1 Å². The lowest BCUT2D eigenvalue weighted by molar-refractivity contribution is -0.147. The van der Waals surface area contributed by atoms with Crippen molar-refractivity contribution in [3.63, 3.8) is 0 Å². The molecule has 2 atom stereocenters. The molecular formula is C9H16O4. The first-order chi connectivity index (χ1) is 5.93. The van der Waals surface area contributed by atoms with Gasteiger partial charge in [0.25, 0.3) is 0 Å². The molecule has 4 heteroatoms. The number of esters is 1. The van der Waals surface area contributed by atoms with Crippen molar-refractivity contribution in [3.05, 3.63) is 0 Å². The Morgan fingerprint density at radius 1 is 1.38 bits per heavy atom. The zero-order chi connectivity index (χ0) is 10.4. The van der Waals surface area contributed by atoms with E-state index in [-0.39, 0.29) is 24.4 Å². The number of carboxylic acids is 1. The first-order valence-corrected chi connectivity index (χ1v) is 4.32. The van der Waals surface area contributed by atoms with E-state index in [2.05, 4.69) is 0 Å². The van der Waals surface area contributed by atoms with Crippen molar-refractivity contribution in [2.24, 2.45) is 5.92 Å². The quantitative estimate of drug-likeness (QED) is 0.663. The van der Waals surface area contributed by atoms with Gasteiger partial charge in [-0.3, -0.25) is 9.59 Å². The second kappa shape index (κ2) is 5.56. The van der Waals surface area contributed by atoms with E-state index in [1.54, 1.807) is 6.92 Å². The van der Waals surface area contributed by atoms with Crippen molar-refractivity contribution in [3.8, 4) is 0 Å². The van der Waals surface area contributed by atoms with Crippen LogP contribution in [0.2, 0.25) is 0 Å². The summed E-state index contributed by atoms with van der Waals surface area (Å²) in [4.78, 5) is 20.8. The Kier molecular flexibility index (Phi) is 5.11. The highest BCUT2D eigenvalue weighted by atomic mass is 16.5. The molecule has 0 amide bonds. The maximum Gasteiger partial charge on any atom is 0.303 e. The van der Waals surface area contributed by atoms with Crippen LogP contribution in [0.1, 0.15) is 33.6 Å². The van der Waals surface area contributed by atoms with Gasteiger partial charge in [0.1, 0.15) is 6.10 Å². The second-order valence-electron chi connectivity index (χ2n) is 3.22. The van der Waals surface area contributed by atoms with Crippen molar-refractivity contribution < 1.29 is 19.4 Å². The van der Waals surface area contributed by atoms with E-state index in [4.69, 9.17) is 9.84 Å². The molecule has 0 rings (SSSR count). The van der Waals surface area contributed by atoms with Gasteiger partial charge in [-0.1, -0.05) is 6.92 Å². The van der Waals surface area contributed by atoms with Gasteiger partial charge in [0.2, 0.25) is 0 Å². The van der Waals surface area contributed by atoms with E-state index in [1.165, 1.54) is 6.92 Å². The van der Waals surface area contributed by atoms with Crippen LogP contribution in [0.25, 0.3) is 0 Å². The highest BCUT2D eigenvalue weighted by Gasteiger charge is 2.15. The predicted molar refractivity (Wildman–Crippen MR) is 47.3 cm³/mol. The Hall–Kier alpha value is -1.06. The highest BCUT2D eigenvalue weighted by molar-refractivity contribution is 5.67. The molecule has 0 spiro atoms. The third-order valence-electron chi connectivity index (χ3n) is 1.97. The second-order valence-corrected chi connectivity index (χ2v) is 3.22. The summed E-state index contributed by atoms with van der Waals surface area (Å²) in [5, 5.41) is 8.42. The topological polar surface area (TPSA) is 63.6 Å². The minimum absolute atomic E-state index is 0.0833. The van der Waals surface area contributed by atoms with E-state index < -0.39 is 5.97 Å². The van der Waals surface area contributed by atoms with Crippen molar-refractivity contribution in [1.29, 1.82) is 0 Å². The smallest absolute Gasteiger partial charge is 0.303 e. The molecule has 0 aromatic rings. The Labute approximate surface area is 77.9 Å². The van der Waals surface area contributed by atoms with Crippen LogP contribution in [0.15, 0.2) is 0 Å². The fourth-order valence-electron chi connectivity index (χ4n) is 0.964. The van der Waals surface area contributed by atoms with Crippen molar-refractivity contribution in [2.45, 2.75) is 39.7 Å². The molecule has 0 heterocycles. The minimum Gasteiger partial charge on any atom is -0.481 e. The number of carbonyl (C=O) groups excluding carboxylic acids is 1. The Morgan fingerprint density at radius 2 is 1.92 bits per heavy atom. The van der Waals surface area contributed by atoms with Crippen LogP contribution in [0.3, 0.4) is 0 Å². The number of carbonyl (C=O) groups is 2. The standard InChI is InChI=1S/C9H16O4/c1-6(4-5-9(11)12)7(2)13-8(3)10/h6-7H,4-5H2,1-3H3,(H,11,12)/t6-,7-/m0/s1. The van der Waals surface area contributed by atoms with Crippen LogP contribution in [0.4, 0.5) is 0 Å². The molecule has 0 aliphatic rings. The summed E-state index contributed by atoms with van der Waals surface area (Å²) in [6.45, 7) is 4.99. The summed E-state index contributed by atoms with van der Waals surface area (Å²) < 4.78 is 4.91. The van der Waals surface area contributed by atoms with E-state index in [0.717, 1.165) is 0 Å². The normalized spacial score (nSPS) is 14.7. The van der Waals surface area contributed by atoms with Gasteiger partial charge in [-0.25, -0.2) is 0 Å². The molecule has 0 aromatic carbocycles. The lowest BCUT2D eigenvalue weighted by Gasteiger charge is -2.18. The summed E-state index contributed by atoms with van der Waals surface area (Å²) in [5.74, 6) is -1.06. The van der Waals surface area contributed by atoms with Gasteiger partial charge in [0.05, 0.1) is 0 Å². The average molecular weight is 188 g/mol. The van der Waals surface area contributed by atoms with Crippen LogP contribution in [0.5, 0.6) is 0 Å². The molecule has 0 fully saturated rings. The average Bonchev–Trinajstić information content (AvgIpc) is 1.98. The lowest BCUT2D eigenvalue weighted by Crippen LogP contribution is -2.21. The van der Waals surface area contributed by atoms with Crippen molar-refractivity contribution in [1.82, 2.24) is 0 Å². The van der Waals surface area contributed by atoms with Gasteiger partial charge >= 0.3 is 11.9 Å². The first-order valence-electron chi connectivity index (χ1n) is 4.32. The molecule has 0 aromatic heterocycles. The molecule has 76 valence electrons. The van der Waals surface area contributed by atoms with E-state index in [9.17, 15) is 9.59 Å². The molecule has 0 radical (unpaired) electrons. The van der Waals surface area contributed by atoms with Crippen LogP contribution in [-0.2, 0) is 14.3 Å². The minimum atomic E-state index is -0.818. The predicted octanol–water partition coefficient (Wildman–Crippen LogP) is 1.44. The van der Waals surface area contributed by atoms with Gasteiger partial charge in [-0.2, -0.15) is 0 Å². The third kappa shape index (κ3) is 6.13. The van der Waals surface area contributed by atoms with Gasteiger partial charge < -0.3 is 9.84 Å². The number of ether oxygens (including phenoxy) is 1. The van der Waals surface area contributed by atoms with Gasteiger partial charge in [0, 0.05) is 13.3 Å². The van der Waals surface area contributed by atoms with E-state index >= 15 is 0 Å². The molecule has 4 nitrogen and oxygen atoms in total. The first kappa shape index (κ1) is 11.9. The van der Waals surface area contributed by atoms with Gasteiger partial charge in [0.15, 0.2) is 0 Å². The van der Waals surface area contributed by atoms with Crippen LogP contribution < -0.4 is 0 Å². The van der Waals surface area contributed by atoms with Gasteiger partial charge in [-0.05, 0) is 19.3 Å². The van der Waals surface area contributed by atoms with Gasteiger partial charge in [-0.15, -0.1) is 0 Å². The molecule has 0 aliphatic carbocycles. The fraction of sp³-hybridized carbons (Fsp3) is 0.778. The summed E-state index contributed by atoms with van der Waals surface area (Å²) in [6, 6.07) is 0. The number of aliphatic carboxylic acids is 1. The monoisotopic (exact) mass is 188 g/mol. The lowest BCUT2D eigenvalue weighted by atomic mass is 10.0. The number of rotatable bonds is 5. The van der Waals surface area contributed by atoms with E-state index in [0.29, 0.717) is 6.42 Å². The summed E-state index contributed by atoms with van der Waals surface area (Å²) in [7, 11) is 0. The van der Waals surface area contributed by atoms with Crippen molar-refractivity contribution in [2.75, 3.05) is 0 Å². The Balaban J connectivity index is 3.75. The summed E-state index contributed by atoms with van der Waals surface area (Å²) in [5.41, 5.74) is 0. The molecule has 13 heavy (non-hydrogen) atoms. The molecule has 1 N–H and O–H groups in total. The molecule has 0 unspecified atom stereocenters. The van der Waals surface area contributed by atoms with E-state index in [1.807, 2.05) is 6.92 Å². The highest BCUT2D eigenvalue weighted by Crippen LogP contribution is 2.13. The maximum atomic E-state index is 10.6. The summed E-state index contributed by atoms with van der Waals surface area (Å²) in [6.07, 6.45) is 0.438. The molecule has 0 saturated carbocycles. The third-order valence-corrected chi connectivity index (χ3v) is 1.97. The SMILES string of the molecule is CC(=O)O[C@@H](C)[C@@H](C)CCC(=O)O. The Bertz CT molecular complexity index is 188. The van der Waals surface area contributed by atoms with Crippen LogP contribution >= 0.6 is 0 Å². The van der Waals surface area contributed by atoms with Crippen molar-refractivity contribution >= 4 is 11.9 Å². The maximum absolute atomic E-state index is 10.6. The number of hydrogen-bond acceptors (Lipinski definition) is 3. The van der Waals surface area contributed by atoms with Crippen LogP contribution in [0, 0.1) is 5.92 Å². The Morgan fingerprint density at radius 3 is 2.31 bits per heavy atom. The fourth-order valence-corrected chi connectivity index (χ4v) is 0.964. The molecule has 0 aliphatic heterocycles. The molecule has 0 saturated heterocycles. The molecule has 0 bridgehead atoms. The summed E-state index contributed by atoms with van der Waals surface area (Å²) >= 11 is 0. The number of hydrogen-bond donors (Lipinski definition) is 1. The number of carboxylic acid groups (broad SMARTS) is 1.